The van der Waals surface area contributed by atoms with Gasteiger partial charge in [0.05, 0.1) is 29.5 Å². The zero-order chi connectivity index (χ0) is 24.4. The number of hydrogen-bond acceptors (Lipinski definition) is 8. The SMILES string of the molecule is CCOC(=O)C1=C(C)N=c2s/c(=C\c3ccc(OC(F)F)c(OC)c3)c(=O)n2C1c1cccs1. The maximum absolute atomic E-state index is 13.5. The van der Waals surface area contributed by atoms with Crippen molar-refractivity contribution in [2.75, 3.05) is 13.7 Å². The van der Waals surface area contributed by atoms with E-state index in [1.54, 1.807) is 26.0 Å². The van der Waals surface area contributed by atoms with Crippen LogP contribution >= 0.6 is 22.7 Å². The zero-order valence-electron chi connectivity index (χ0n) is 18.4. The highest BCUT2D eigenvalue weighted by atomic mass is 32.1. The second-order valence-corrected chi connectivity index (χ2v) is 9.09. The van der Waals surface area contributed by atoms with E-state index in [-0.39, 0.29) is 23.7 Å². The van der Waals surface area contributed by atoms with Gasteiger partial charge in [-0.2, -0.15) is 8.78 Å². The van der Waals surface area contributed by atoms with E-state index >= 15 is 0 Å². The van der Waals surface area contributed by atoms with Crippen LogP contribution in [-0.4, -0.2) is 30.9 Å². The number of fused-ring (bicyclic) bond motifs is 1. The summed E-state index contributed by atoms with van der Waals surface area (Å²) in [6.07, 6.45) is 1.62. The molecule has 0 spiro atoms. The number of rotatable bonds is 7. The maximum Gasteiger partial charge on any atom is 0.387 e. The number of alkyl halides is 2. The molecule has 1 atom stereocenters. The third-order valence-corrected chi connectivity index (χ3v) is 6.94. The molecule has 0 radical (unpaired) electrons. The number of ether oxygens (including phenoxy) is 3. The van der Waals surface area contributed by atoms with Crippen LogP contribution in [0.3, 0.4) is 0 Å². The molecule has 3 aromatic rings. The van der Waals surface area contributed by atoms with E-state index in [0.29, 0.717) is 26.2 Å². The number of allylic oxidation sites excluding steroid dienone is 1. The van der Waals surface area contributed by atoms with Crippen LogP contribution in [0.2, 0.25) is 0 Å². The highest BCUT2D eigenvalue weighted by Gasteiger charge is 2.33. The Morgan fingerprint density at radius 3 is 2.74 bits per heavy atom. The summed E-state index contributed by atoms with van der Waals surface area (Å²) < 4.78 is 41.9. The predicted molar refractivity (Wildman–Crippen MR) is 124 cm³/mol. The highest BCUT2D eigenvalue weighted by Crippen LogP contribution is 2.33. The van der Waals surface area contributed by atoms with Crippen LogP contribution in [0.1, 0.15) is 30.3 Å². The van der Waals surface area contributed by atoms with E-state index < -0.39 is 18.6 Å². The molecule has 34 heavy (non-hydrogen) atoms. The molecule has 178 valence electrons. The van der Waals surface area contributed by atoms with E-state index in [1.165, 1.54) is 46.5 Å². The van der Waals surface area contributed by atoms with Gasteiger partial charge in [0, 0.05) is 4.88 Å². The monoisotopic (exact) mass is 506 g/mol. The van der Waals surface area contributed by atoms with Gasteiger partial charge in [-0.1, -0.05) is 23.5 Å². The minimum absolute atomic E-state index is 0.108. The minimum atomic E-state index is -2.99. The quantitative estimate of drug-likeness (QED) is 0.459. The second-order valence-electron chi connectivity index (χ2n) is 7.11. The lowest BCUT2D eigenvalue weighted by atomic mass is 10.0. The Morgan fingerprint density at radius 2 is 2.09 bits per heavy atom. The summed E-state index contributed by atoms with van der Waals surface area (Å²) in [5.41, 5.74) is 1.03. The molecule has 7 nitrogen and oxygen atoms in total. The van der Waals surface area contributed by atoms with Crippen molar-refractivity contribution in [2.24, 2.45) is 4.99 Å². The van der Waals surface area contributed by atoms with Crippen LogP contribution in [0.15, 0.2) is 56.8 Å². The highest BCUT2D eigenvalue weighted by molar-refractivity contribution is 7.10. The van der Waals surface area contributed by atoms with Crippen LogP contribution in [0.5, 0.6) is 11.5 Å². The number of halogens is 2. The number of carbonyl (C=O) groups is 1. The number of methoxy groups -OCH3 is 1. The van der Waals surface area contributed by atoms with Crippen LogP contribution in [0.4, 0.5) is 8.78 Å². The molecule has 4 rings (SSSR count). The van der Waals surface area contributed by atoms with Gasteiger partial charge in [0.2, 0.25) is 0 Å². The topological polar surface area (TPSA) is 79.1 Å². The van der Waals surface area contributed by atoms with Crippen molar-refractivity contribution in [2.45, 2.75) is 26.5 Å². The van der Waals surface area contributed by atoms with Crippen molar-refractivity contribution < 1.29 is 27.8 Å². The van der Waals surface area contributed by atoms with Crippen LogP contribution in [0, 0.1) is 0 Å². The van der Waals surface area contributed by atoms with Gasteiger partial charge in [-0.3, -0.25) is 9.36 Å². The maximum atomic E-state index is 13.5. The van der Waals surface area contributed by atoms with Gasteiger partial charge < -0.3 is 14.2 Å². The molecule has 1 aliphatic rings. The van der Waals surface area contributed by atoms with Crippen LogP contribution in [0.25, 0.3) is 6.08 Å². The molecule has 0 fully saturated rings. The van der Waals surface area contributed by atoms with Gasteiger partial charge in [-0.15, -0.1) is 11.3 Å². The fraction of sp³-hybridized carbons (Fsp3) is 0.261. The summed E-state index contributed by atoms with van der Waals surface area (Å²) in [6, 6.07) is 7.45. The standard InChI is InChI=1S/C23H20F2N2O5S2/c1-4-31-21(29)18-12(2)26-23-27(19(18)16-6-5-9-33-16)20(28)17(34-23)11-13-7-8-14(32-22(24)25)15(10-13)30-3/h5-11,19,22H,4H2,1-3H3/b17-11-. The van der Waals surface area contributed by atoms with Crippen molar-refractivity contribution in [3.63, 3.8) is 0 Å². The van der Waals surface area contributed by atoms with Crippen LogP contribution in [-0.2, 0) is 9.53 Å². The molecule has 0 aliphatic carbocycles. The Morgan fingerprint density at radius 1 is 1.29 bits per heavy atom. The third kappa shape index (κ3) is 4.53. The summed E-state index contributed by atoms with van der Waals surface area (Å²) in [5.74, 6) is -0.516. The van der Waals surface area contributed by atoms with E-state index in [1.807, 2.05) is 17.5 Å². The molecule has 1 aliphatic heterocycles. The first kappa shape index (κ1) is 23.8. The number of thiazole rings is 1. The first-order valence-corrected chi connectivity index (χ1v) is 11.9. The Balaban J connectivity index is 1.85. The lowest BCUT2D eigenvalue weighted by Gasteiger charge is -2.23. The molecule has 11 heteroatoms. The number of hydrogen-bond donors (Lipinski definition) is 0. The van der Waals surface area contributed by atoms with Crippen molar-refractivity contribution in [1.29, 1.82) is 0 Å². The van der Waals surface area contributed by atoms with E-state index in [2.05, 4.69) is 9.73 Å². The number of benzene rings is 1. The molecule has 2 aromatic heterocycles. The third-order valence-electron chi connectivity index (χ3n) is 5.03. The van der Waals surface area contributed by atoms with E-state index in [9.17, 15) is 18.4 Å². The molecule has 0 N–H and O–H groups in total. The first-order valence-electron chi connectivity index (χ1n) is 10.2. The molecular weight excluding hydrogens is 486 g/mol. The van der Waals surface area contributed by atoms with Crippen molar-refractivity contribution in [1.82, 2.24) is 4.57 Å². The summed E-state index contributed by atoms with van der Waals surface area (Å²) in [6.45, 7) is 0.646. The molecule has 0 saturated heterocycles. The normalized spacial score (nSPS) is 15.8. The first-order chi connectivity index (χ1) is 16.3. The Bertz CT molecular complexity index is 1420. The van der Waals surface area contributed by atoms with Crippen molar-refractivity contribution in [3.05, 3.63) is 77.1 Å². The smallest absolute Gasteiger partial charge is 0.387 e. The number of nitrogens with zero attached hydrogens (tertiary/aromatic N) is 2. The van der Waals surface area contributed by atoms with E-state index in [0.717, 1.165) is 4.88 Å². The average Bonchev–Trinajstić information content (AvgIpc) is 3.42. The average molecular weight is 507 g/mol. The largest absolute Gasteiger partial charge is 0.493 e. The van der Waals surface area contributed by atoms with Gasteiger partial charge in [-0.25, -0.2) is 9.79 Å². The molecule has 0 saturated carbocycles. The number of aromatic nitrogens is 1. The summed E-state index contributed by atoms with van der Waals surface area (Å²) in [5, 5.41) is 1.87. The van der Waals surface area contributed by atoms with Crippen molar-refractivity contribution >= 4 is 34.7 Å². The summed E-state index contributed by atoms with van der Waals surface area (Å²) in [4.78, 5) is 32.0. The number of esters is 1. The Kier molecular flexibility index (Phi) is 6.94. The summed E-state index contributed by atoms with van der Waals surface area (Å²) in [7, 11) is 1.34. The van der Waals surface area contributed by atoms with Gasteiger partial charge in [-0.05, 0) is 49.1 Å². The van der Waals surface area contributed by atoms with Crippen LogP contribution < -0.4 is 24.4 Å². The Labute approximate surface area is 200 Å². The summed E-state index contributed by atoms with van der Waals surface area (Å²) >= 11 is 2.60. The molecule has 1 unspecified atom stereocenters. The molecule has 1 aromatic carbocycles. The Hall–Kier alpha value is -3.31. The van der Waals surface area contributed by atoms with Gasteiger partial charge in [0.15, 0.2) is 16.3 Å². The minimum Gasteiger partial charge on any atom is -0.493 e. The van der Waals surface area contributed by atoms with Gasteiger partial charge in [0.25, 0.3) is 5.56 Å². The number of carbonyl (C=O) groups excluding carboxylic acids is 1. The number of thiophene rings is 1. The van der Waals surface area contributed by atoms with Crippen molar-refractivity contribution in [3.8, 4) is 11.5 Å². The zero-order valence-corrected chi connectivity index (χ0v) is 20.0. The molecule has 0 bridgehead atoms. The lowest BCUT2D eigenvalue weighted by Crippen LogP contribution is -2.39. The van der Waals surface area contributed by atoms with Gasteiger partial charge >= 0.3 is 12.6 Å². The van der Waals surface area contributed by atoms with E-state index in [4.69, 9.17) is 9.47 Å². The fourth-order valence-corrected chi connectivity index (χ4v) is 5.50. The lowest BCUT2D eigenvalue weighted by molar-refractivity contribution is -0.139. The fourth-order valence-electron chi connectivity index (χ4n) is 3.63. The molecule has 3 heterocycles. The second kappa shape index (κ2) is 9.90. The molecule has 0 amide bonds. The molecular formula is C23H20F2N2O5S2. The van der Waals surface area contributed by atoms with Gasteiger partial charge in [0.1, 0.15) is 6.04 Å². The predicted octanol–water partition coefficient (Wildman–Crippen LogP) is 3.47.